The van der Waals surface area contributed by atoms with Crippen LogP contribution >= 0.6 is 0 Å². The molecule has 0 radical (unpaired) electrons. The van der Waals surface area contributed by atoms with E-state index in [1.165, 1.54) is 33.0 Å². The Morgan fingerprint density at radius 3 is 2.07 bits per heavy atom. The van der Waals surface area contributed by atoms with Crippen LogP contribution in [0.4, 0.5) is 5.82 Å². The van der Waals surface area contributed by atoms with Crippen molar-refractivity contribution in [3.05, 3.63) is 87.1 Å². The number of hydrogen-bond acceptors (Lipinski definition) is 4. The van der Waals surface area contributed by atoms with E-state index in [2.05, 4.69) is 75.3 Å². The van der Waals surface area contributed by atoms with E-state index in [9.17, 15) is 10.1 Å². The van der Waals surface area contributed by atoms with Gasteiger partial charge >= 0.3 is 5.82 Å². The second-order valence-corrected chi connectivity index (χ2v) is 7.62. The molecule has 0 N–H and O–H groups in total. The van der Waals surface area contributed by atoms with Crippen LogP contribution in [-0.2, 0) is 6.67 Å². The van der Waals surface area contributed by atoms with Crippen molar-refractivity contribution in [3.63, 3.8) is 0 Å². The van der Waals surface area contributed by atoms with Crippen LogP contribution in [-0.4, -0.2) is 24.5 Å². The molecular formula is C23H23N5O2. The van der Waals surface area contributed by atoms with Gasteiger partial charge in [0.2, 0.25) is 0 Å². The lowest BCUT2D eigenvalue weighted by molar-refractivity contribution is -0.389. The zero-order valence-electron chi connectivity index (χ0n) is 17.5. The number of aromatic nitrogens is 4. The van der Waals surface area contributed by atoms with E-state index in [-0.39, 0.29) is 12.5 Å². The highest BCUT2D eigenvalue weighted by Crippen LogP contribution is 2.29. The van der Waals surface area contributed by atoms with E-state index in [0.29, 0.717) is 0 Å². The summed E-state index contributed by atoms with van der Waals surface area (Å²) < 4.78 is 3.37. The molecule has 0 aliphatic carbocycles. The van der Waals surface area contributed by atoms with Crippen molar-refractivity contribution in [2.75, 3.05) is 0 Å². The molecule has 0 fully saturated rings. The van der Waals surface area contributed by atoms with Crippen LogP contribution < -0.4 is 0 Å². The van der Waals surface area contributed by atoms with Crippen molar-refractivity contribution in [1.29, 1.82) is 0 Å². The van der Waals surface area contributed by atoms with Crippen molar-refractivity contribution in [2.24, 2.45) is 0 Å². The standard InChI is InChI=1S/C23H23N5O2/c1-15-5-7-19(11-17(15)3)21-13-22(20-8-6-16(2)18(4)12-20)27(24-21)14-26-10-9-23(25-26)28(29)30/h5-13H,14H2,1-4H3. The van der Waals surface area contributed by atoms with E-state index < -0.39 is 4.92 Å². The zero-order valence-corrected chi connectivity index (χ0v) is 17.5. The monoisotopic (exact) mass is 401 g/mol. The van der Waals surface area contributed by atoms with Gasteiger partial charge in [0.05, 0.1) is 28.7 Å². The Morgan fingerprint density at radius 1 is 0.833 bits per heavy atom. The van der Waals surface area contributed by atoms with Crippen LogP contribution in [0.1, 0.15) is 22.3 Å². The largest absolute Gasteiger partial charge is 0.389 e. The Hall–Kier alpha value is -3.74. The van der Waals surface area contributed by atoms with E-state index in [1.54, 1.807) is 6.20 Å². The first kappa shape index (κ1) is 19.6. The second kappa shape index (κ2) is 7.59. The summed E-state index contributed by atoms with van der Waals surface area (Å²) in [6.07, 6.45) is 1.60. The number of aryl methyl sites for hydroxylation is 4. The maximum Gasteiger partial charge on any atom is 0.389 e. The first-order valence-corrected chi connectivity index (χ1v) is 9.73. The lowest BCUT2D eigenvalue weighted by Gasteiger charge is -2.08. The van der Waals surface area contributed by atoms with Crippen molar-refractivity contribution in [1.82, 2.24) is 19.6 Å². The maximum atomic E-state index is 11.0. The molecule has 0 unspecified atom stereocenters. The summed E-state index contributed by atoms with van der Waals surface area (Å²) in [7, 11) is 0. The number of rotatable bonds is 5. The Kier molecular flexibility index (Phi) is 4.95. The predicted octanol–water partition coefficient (Wildman–Crippen LogP) is 5.06. The van der Waals surface area contributed by atoms with Gasteiger partial charge in [-0.2, -0.15) is 9.78 Å². The number of hydrogen-bond donors (Lipinski definition) is 0. The van der Waals surface area contributed by atoms with Crippen molar-refractivity contribution >= 4 is 5.82 Å². The molecule has 2 aromatic heterocycles. The molecule has 0 atom stereocenters. The third kappa shape index (κ3) is 3.74. The first-order valence-electron chi connectivity index (χ1n) is 9.73. The van der Waals surface area contributed by atoms with Crippen LogP contribution in [0.15, 0.2) is 54.7 Å². The predicted molar refractivity (Wildman–Crippen MR) is 116 cm³/mol. The summed E-state index contributed by atoms with van der Waals surface area (Å²) in [6, 6.07) is 16.1. The summed E-state index contributed by atoms with van der Waals surface area (Å²) in [4.78, 5) is 10.5. The second-order valence-electron chi connectivity index (χ2n) is 7.62. The molecule has 2 heterocycles. The molecule has 4 aromatic rings. The van der Waals surface area contributed by atoms with Crippen molar-refractivity contribution in [2.45, 2.75) is 34.4 Å². The molecule has 30 heavy (non-hydrogen) atoms. The molecule has 7 nitrogen and oxygen atoms in total. The SMILES string of the molecule is Cc1ccc(-c2cc(-c3ccc(C)c(C)c3)n(Cn3ccc([N+](=O)[O-])n3)n2)cc1C. The maximum absolute atomic E-state index is 11.0. The highest BCUT2D eigenvalue weighted by Gasteiger charge is 2.16. The van der Waals surface area contributed by atoms with Crippen LogP contribution in [0.3, 0.4) is 0 Å². The lowest BCUT2D eigenvalue weighted by Crippen LogP contribution is -2.11. The summed E-state index contributed by atoms with van der Waals surface area (Å²) in [5, 5.41) is 19.8. The minimum atomic E-state index is -0.496. The summed E-state index contributed by atoms with van der Waals surface area (Å²) >= 11 is 0. The summed E-state index contributed by atoms with van der Waals surface area (Å²) in [5.74, 6) is -0.177. The normalized spacial score (nSPS) is 11.1. The number of nitro groups is 1. The van der Waals surface area contributed by atoms with Gasteiger partial charge in [-0.1, -0.05) is 24.3 Å². The Bertz CT molecular complexity index is 1250. The zero-order chi connectivity index (χ0) is 21.4. The minimum Gasteiger partial charge on any atom is -0.358 e. The van der Waals surface area contributed by atoms with Crippen LogP contribution in [0.25, 0.3) is 22.5 Å². The first-order chi connectivity index (χ1) is 14.3. The quantitative estimate of drug-likeness (QED) is 0.346. The fraction of sp³-hybridized carbons (Fsp3) is 0.217. The number of benzene rings is 2. The molecule has 152 valence electrons. The summed E-state index contributed by atoms with van der Waals surface area (Å²) in [6.45, 7) is 8.62. The van der Waals surface area contributed by atoms with E-state index >= 15 is 0 Å². The highest BCUT2D eigenvalue weighted by atomic mass is 16.6. The van der Waals surface area contributed by atoms with Crippen molar-refractivity contribution in [3.8, 4) is 22.5 Å². The van der Waals surface area contributed by atoms with Gasteiger partial charge in [-0.05, 0) is 73.1 Å². The molecule has 0 bridgehead atoms. The van der Waals surface area contributed by atoms with E-state index in [4.69, 9.17) is 5.10 Å². The van der Waals surface area contributed by atoms with Gasteiger partial charge in [0.1, 0.15) is 0 Å². The van der Waals surface area contributed by atoms with Gasteiger partial charge in [-0.3, -0.25) is 0 Å². The third-order valence-corrected chi connectivity index (χ3v) is 5.48. The molecule has 0 aliphatic heterocycles. The summed E-state index contributed by atoms with van der Waals surface area (Å²) in [5.41, 5.74) is 8.73. The van der Waals surface area contributed by atoms with Gasteiger partial charge in [0.15, 0.2) is 6.67 Å². The Morgan fingerprint density at radius 2 is 1.47 bits per heavy atom. The van der Waals surface area contributed by atoms with Crippen molar-refractivity contribution < 1.29 is 4.92 Å². The van der Waals surface area contributed by atoms with Crippen LogP contribution in [0, 0.1) is 37.8 Å². The molecule has 0 amide bonds. The van der Waals surface area contributed by atoms with Gasteiger partial charge in [0, 0.05) is 11.1 Å². The van der Waals surface area contributed by atoms with Gasteiger partial charge in [-0.25, -0.2) is 4.68 Å². The fourth-order valence-electron chi connectivity index (χ4n) is 3.36. The average Bonchev–Trinajstić information content (AvgIpc) is 3.34. The van der Waals surface area contributed by atoms with Crippen LogP contribution in [0.2, 0.25) is 0 Å². The van der Waals surface area contributed by atoms with E-state index in [0.717, 1.165) is 22.5 Å². The lowest BCUT2D eigenvalue weighted by atomic mass is 10.0. The minimum absolute atomic E-state index is 0.177. The van der Waals surface area contributed by atoms with Gasteiger partial charge < -0.3 is 10.1 Å². The van der Waals surface area contributed by atoms with E-state index in [1.807, 2.05) is 4.68 Å². The molecule has 0 saturated heterocycles. The third-order valence-electron chi connectivity index (χ3n) is 5.48. The molecule has 4 rings (SSSR count). The Balaban J connectivity index is 1.80. The Labute approximate surface area is 174 Å². The number of nitrogens with zero attached hydrogens (tertiary/aromatic N) is 5. The van der Waals surface area contributed by atoms with Crippen LogP contribution in [0.5, 0.6) is 0 Å². The molecule has 7 heteroatoms. The van der Waals surface area contributed by atoms with Gasteiger partial charge in [0.25, 0.3) is 0 Å². The molecule has 0 saturated carbocycles. The molecule has 2 aromatic carbocycles. The highest BCUT2D eigenvalue weighted by molar-refractivity contribution is 5.70. The smallest absolute Gasteiger partial charge is 0.358 e. The molecular weight excluding hydrogens is 378 g/mol. The molecule has 0 spiro atoms. The topological polar surface area (TPSA) is 78.8 Å². The van der Waals surface area contributed by atoms with Gasteiger partial charge in [-0.15, -0.1) is 0 Å². The molecule has 0 aliphatic rings. The average molecular weight is 401 g/mol. The fourth-order valence-corrected chi connectivity index (χ4v) is 3.36.